The Balaban J connectivity index is 1.54. The van der Waals surface area contributed by atoms with Crippen molar-refractivity contribution in [1.82, 2.24) is 19.9 Å². The summed E-state index contributed by atoms with van der Waals surface area (Å²) in [4.78, 5) is 28.7. The van der Waals surface area contributed by atoms with Crippen LogP contribution in [0.5, 0.6) is 0 Å². The number of carbonyl (C=O) groups excluding carboxylic acids is 1. The molecular weight excluding hydrogens is 280 g/mol. The monoisotopic (exact) mass is 298 g/mol. The summed E-state index contributed by atoms with van der Waals surface area (Å²) >= 11 is 0. The van der Waals surface area contributed by atoms with Gasteiger partial charge in [-0.1, -0.05) is 6.07 Å². The van der Waals surface area contributed by atoms with Crippen molar-refractivity contribution in [1.29, 1.82) is 0 Å². The molecule has 0 radical (unpaired) electrons. The first kappa shape index (κ1) is 14.2. The second-order valence-electron chi connectivity index (χ2n) is 5.17. The van der Waals surface area contributed by atoms with Crippen molar-refractivity contribution in [3.63, 3.8) is 0 Å². The van der Waals surface area contributed by atoms with Crippen LogP contribution in [-0.2, 0) is 0 Å². The van der Waals surface area contributed by atoms with Gasteiger partial charge in [-0.3, -0.25) is 5.32 Å². The molecule has 0 aromatic carbocycles. The number of piperazine rings is 1. The first-order valence-electron chi connectivity index (χ1n) is 7.23. The molecule has 0 unspecified atom stereocenters. The maximum absolute atomic E-state index is 12.2. The van der Waals surface area contributed by atoms with Gasteiger partial charge in [-0.15, -0.1) is 0 Å². The Bertz CT molecular complexity index is 622. The van der Waals surface area contributed by atoms with E-state index in [0.717, 1.165) is 18.7 Å². The highest BCUT2D eigenvalue weighted by Crippen LogP contribution is 2.11. The molecule has 1 aliphatic heterocycles. The molecule has 0 bridgehead atoms. The van der Waals surface area contributed by atoms with Crippen molar-refractivity contribution in [3.05, 3.63) is 42.4 Å². The summed E-state index contributed by atoms with van der Waals surface area (Å²) in [5, 5.41) is 2.82. The lowest BCUT2D eigenvalue weighted by atomic mass is 10.3. The highest BCUT2D eigenvalue weighted by Gasteiger charge is 2.22. The molecule has 2 amide bonds. The van der Waals surface area contributed by atoms with E-state index in [1.807, 2.05) is 13.0 Å². The average Bonchev–Trinajstić information content (AvgIpc) is 2.58. The van der Waals surface area contributed by atoms with Crippen LogP contribution in [0.3, 0.4) is 0 Å². The fraction of sp³-hybridized carbons (Fsp3) is 0.333. The second kappa shape index (κ2) is 6.38. The van der Waals surface area contributed by atoms with Crippen LogP contribution in [0.1, 0.15) is 5.56 Å². The number of hydrogen-bond acceptors (Lipinski definition) is 5. The van der Waals surface area contributed by atoms with Gasteiger partial charge in [0.05, 0.1) is 0 Å². The summed E-state index contributed by atoms with van der Waals surface area (Å²) in [7, 11) is 0. The number of aromatic nitrogens is 3. The van der Waals surface area contributed by atoms with Crippen LogP contribution < -0.4 is 10.2 Å². The molecule has 7 heteroatoms. The zero-order valence-electron chi connectivity index (χ0n) is 12.4. The molecule has 3 heterocycles. The molecule has 2 aromatic rings. The molecule has 2 aromatic heterocycles. The number of anilines is 2. The largest absolute Gasteiger partial charge is 0.337 e. The fourth-order valence-corrected chi connectivity index (χ4v) is 2.29. The summed E-state index contributed by atoms with van der Waals surface area (Å²) in [6.45, 7) is 4.67. The third-order valence-corrected chi connectivity index (χ3v) is 3.55. The highest BCUT2D eigenvalue weighted by molar-refractivity contribution is 5.88. The lowest BCUT2D eigenvalue weighted by Crippen LogP contribution is -2.50. The summed E-state index contributed by atoms with van der Waals surface area (Å²) < 4.78 is 0. The maximum Gasteiger partial charge on any atom is 0.323 e. The Morgan fingerprint density at radius 2 is 1.82 bits per heavy atom. The molecule has 3 rings (SSSR count). The van der Waals surface area contributed by atoms with Crippen LogP contribution in [-0.4, -0.2) is 52.1 Å². The van der Waals surface area contributed by atoms with E-state index in [4.69, 9.17) is 0 Å². The Kier molecular flexibility index (Phi) is 4.13. The fourth-order valence-electron chi connectivity index (χ4n) is 2.29. The summed E-state index contributed by atoms with van der Waals surface area (Å²) in [5.41, 5.74) is 1.06. The summed E-state index contributed by atoms with van der Waals surface area (Å²) in [6.07, 6.45) is 5.19. The van der Waals surface area contributed by atoms with E-state index >= 15 is 0 Å². The Morgan fingerprint density at radius 1 is 1.09 bits per heavy atom. The quantitative estimate of drug-likeness (QED) is 0.910. The number of urea groups is 1. The molecule has 114 valence electrons. The van der Waals surface area contributed by atoms with Crippen molar-refractivity contribution in [2.75, 3.05) is 36.4 Å². The van der Waals surface area contributed by atoms with E-state index < -0.39 is 0 Å². The molecule has 22 heavy (non-hydrogen) atoms. The average molecular weight is 298 g/mol. The first-order valence-corrected chi connectivity index (χ1v) is 7.23. The number of amides is 2. The third-order valence-electron chi connectivity index (χ3n) is 3.55. The highest BCUT2D eigenvalue weighted by atomic mass is 16.2. The molecule has 0 spiro atoms. The van der Waals surface area contributed by atoms with E-state index in [0.29, 0.717) is 24.9 Å². The predicted octanol–water partition coefficient (Wildman–Crippen LogP) is 1.53. The van der Waals surface area contributed by atoms with Crippen molar-refractivity contribution in [3.8, 4) is 0 Å². The van der Waals surface area contributed by atoms with E-state index in [1.165, 1.54) is 0 Å². The lowest BCUT2D eigenvalue weighted by molar-refractivity contribution is 0.208. The maximum atomic E-state index is 12.2. The normalized spacial score (nSPS) is 14.8. The smallest absolute Gasteiger partial charge is 0.323 e. The topological polar surface area (TPSA) is 74.2 Å². The number of pyridine rings is 1. The van der Waals surface area contributed by atoms with Gasteiger partial charge in [0.2, 0.25) is 5.95 Å². The Hall–Kier alpha value is -2.70. The molecule has 0 atom stereocenters. The van der Waals surface area contributed by atoms with Gasteiger partial charge in [0.15, 0.2) is 0 Å². The Labute approximate surface area is 129 Å². The SMILES string of the molecule is Cc1ccc(NC(=O)N2CCN(c3ncccn3)CC2)nc1. The molecule has 0 aliphatic carbocycles. The van der Waals surface area contributed by atoms with Gasteiger partial charge in [-0.25, -0.2) is 19.7 Å². The number of nitrogens with zero attached hydrogens (tertiary/aromatic N) is 5. The van der Waals surface area contributed by atoms with Gasteiger partial charge >= 0.3 is 6.03 Å². The first-order chi connectivity index (χ1) is 10.7. The molecular formula is C15H18N6O. The number of carbonyl (C=O) groups is 1. The van der Waals surface area contributed by atoms with Crippen LogP contribution in [0.15, 0.2) is 36.8 Å². The van der Waals surface area contributed by atoms with Crippen molar-refractivity contribution in [2.24, 2.45) is 0 Å². The second-order valence-corrected chi connectivity index (χ2v) is 5.17. The van der Waals surface area contributed by atoms with E-state index in [-0.39, 0.29) is 6.03 Å². The van der Waals surface area contributed by atoms with Gasteiger partial charge < -0.3 is 9.80 Å². The number of nitrogens with one attached hydrogen (secondary N) is 1. The molecule has 1 saturated heterocycles. The third kappa shape index (κ3) is 3.30. The number of rotatable bonds is 2. The van der Waals surface area contributed by atoms with Crippen LogP contribution in [0.25, 0.3) is 0 Å². The molecule has 0 saturated carbocycles. The zero-order chi connectivity index (χ0) is 15.4. The van der Waals surface area contributed by atoms with Gasteiger partial charge in [0.25, 0.3) is 0 Å². The van der Waals surface area contributed by atoms with Crippen LogP contribution in [0, 0.1) is 6.92 Å². The Morgan fingerprint density at radius 3 is 2.45 bits per heavy atom. The molecule has 7 nitrogen and oxygen atoms in total. The van der Waals surface area contributed by atoms with Crippen LogP contribution in [0.2, 0.25) is 0 Å². The zero-order valence-corrected chi connectivity index (χ0v) is 12.4. The summed E-state index contributed by atoms with van der Waals surface area (Å²) in [6, 6.07) is 5.40. The van der Waals surface area contributed by atoms with Crippen molar-refractivity contribution < 1.29 is 4.79 Å². The summed E-state index contributed by atoms with van der Waals surface area (Å²) in [5.74, 6) is 1.28. The van der Waals surface area contributed by atoms with Crippen molar-refractivity contribution in [2.45, 2.75) is 6.92 Å². The van der Waals surface area contributed by atoms with Crippen molar-refractivity contribution >= 4 is 17.8 Å². The molecule has 1 fully saturated rings. The minimum absolute atomic E-state index is 0.120. The molecule has 1 N–H and O–H groups in total. The van der Waals surface area contributed by atoms with Gasteiger partial charge in [0, 0.05) is 44.8 Å². The standard InChI is InChI=1S/C15H18N6O/c1-12-3-4-13(18-11-12)19-15(22)21-9-7-20(8-10-21)14-16-5-2-6-17-14/h2-6,11H,7-10H2,1H3,(H,18,19,22). The predicted molar refractivity (Wildman–Crippen MR) is 83.8 cm³/mol. The minimum Gasteiger partial charge on any atom is -0.337 e. The van der Waals surface area contributed by atoms with E-state index in [1.54, 1.807) is 35.6 Å². The van der Waals surface area contributed by atoms with Gasteiger partial charge in [-0.2, -0.15) is 0 Å². The van der Waals surface area contributed by atoms with Crippen LogP contribution in [0.4, 0.5) is 16.6 Å². The lowest BCUT2D eigenvalue weighted by Gasteiger charge is -2.34. The van der Waals surface area contributed by atoms with Crippen LogP contribution >= 0.6 is 0 Å². The minimum atomic E-state index is -0.120. The van der Waals surface area contributed by atoms with Gasteiger partial charge in [0.1, 0.15) is 5.82 Å². The molecule has 1 aliphatic rings. The number of aryl methyl sites for hydroxylation is 1. The number of hydrogen-bond donors (Lipinski definition) is 1. The van der Waals surface area contributed by atoms with E-state index in [9.17, 15) is 4.79 Å². The van der Waals surface area contributed by atoms with E-state index in [2.05, 4.69) is 25.2 Å². The van der Waals surface area contributed by atoms with Gasteiger partial charge in [-0.05, 0) is 24.6 Å².